The smallest absolute Gasteiger partial charge is 0.166 e. The molecule has 3 aromatic heterocycles. The van der Waals surface area contributed by atoms with Crippen LogP contribution in [0.3, 0.4) is 0 Å². The van der Waals surface area contributed by atoms with Gasteiger partial charge in [-0.05, 0) is 70.8 Å². The molecule has 62 heavy (non-hydrogen) atoms. The summed E-state index contributed by atoms with van der Waals surface area (Å²) in [5.74, 6) is 1.85. The summed E-state index contributed by atoms with van der Waals surface area (Å²) >= 11 is 0. The molecule has 0 unspecified atom stereocenters. The number of para-hydroxylation sites is 3. The van der Waals surface area contributed by atoms with Gasteiger partial charge in [-0.25, -0.2) is 15.0 Å². The summed E-state index contributed by atoms with van der Waals surface area (Å²) < 4.78 is 4.81. The molecule has 0 fully saturated rings. The number of nitrogens with zero attached hydrogens (tertiary/aromatic N) is 5. The van der Waals surface area contributed by atoms with Gasteiger partial charge in [-0.15, -0.1) is 0 Å². The van der Waals surface area contributed by atoms with Crippen molar-refractivity contribution in [1.29, 1.82) is 0 Å². The second-order valence-electron chi connectivity index (χ2n) is 15.6. The van der Waals surface area contributed by atoms with E-state index in [9.17, 15) is 0 Å². The lowest BCUT2D eigenvalue weighted by Gasteiger charge is -2.15. The second-order valence-corrected chi connectivity index (χ2v) is 15.6. The number of aromatic nitrogens is 5. The molecule has 0 atom stereocenters. The quantitative estimate of drug-likeness (QED) is 0.162. The number of fused-ring (bicyclic) bond motifs is 6. The molecule has 0 aliphatic heterocycles. The maximum absolute atomic E-state index is 5.26. The molecule has 0 bridgehead atoms. The normalized spacial score (nSPS) is 11.5. The Morgan fingerprint density at radius 1 is 0.258 bits per heavy atom. The fourth-order valence-electron chi connectivity index (χ4n) is 9.07. The summed E-state index contributed by atoms with van der Waals surface area (Å²) in [7, 11) is 0. The van der Waals surface area contributed by atoms with Crippen molar-refractivity contribution in [2.45, 2.75) is 0 Å². The molecule has 290 valence electrons. The van der Waals surface area contributed by atoms with Gasteiger partial charge in [0.05, 0.1) is 27.8 Å². The molecule has 0 radical (unpaired) electrons. The summed E-state index contributed by atoms with van der Waals surface area (Å²) in [6.45, 7) is 0. The highest BCUT2D eigenvalue weighted by atomic mass is 15.1. The van der Waals surface area contributed by atoms with E-state index >= 15 is 0 Å². The molecule has 0 amide bonds. The molecule has 0 aliphatic carbocycles. The fraction of sp³-hybridized carbons (Fsp3) is 0. The molecule has 5 heteroatoms. The summed E-state index contributed by atoms with van der Waals surface area (Å²) in [4.78, 5) is 15.6. The summed E-state index contributed by atoms with van der Waals surface area (Å²) in [5, 5.41) is 4.79. The van der Waals surface area contributed by atoms with E-state index in [2.05, 4.69) is 209 Å². The molecule has 3 heterocycles. The van der Waals surface area contributed by atoms with Gasteiger partial charge >= 0.3 is 0 Å². The van der Waals surface area contributed by atoms with E-state index in [1.807, 2.05) is 24.3 Å². The van der Waals surface area contributed by atoms with Crippen molar-refractivity contribution in [2.24, 2.45) is 0 Å². The second kappa shape index (κ2) is 14.7. The van der Waals surface area contributed by atoms with Crippen LogP contribution in [0.2, 0.25) is 0 Å². The average Bonchev–Trinajstić information content (AvgIpc) is 3.86. The zero-order valence-corrected chi connectivity index (χ0v) is 33.6. The van der Waals surface area contributed by atoms with Crippen molar-refractivity contribution >= 4 is 43.6 Å². The number of benzene rings is 9. The van der Waals surface area contributed by atoms with Crippen LogP contribution in [0.15, 0.2) is 224 Å². The Balaban J connectivity index is 1.09. The molecule has 0 spiro atoms. The molecule has 0 aliphatic rings. The number of hydrogen-bond donors (Lipinski definition) is 0. The predicted molar refractivity (Wildman–Crippen MR) is 256 cm³/mol. The van der Waals surface area contributed by atoms with Gasteiger partial charge in [0.1, 0.15) is 0 Å². The SMILES string of the molecule is c1ccc(-c2ccc(-c3nc(-c4ccccc4)nc(-c4ccccc4-n4c5ccccc5c5cc6c7ccccc7n(-c7cccc(-c8ccccc8)c7)c6cc54)n3)cc2)cc1. The van der Waals surface area contributed by atoms with Crippen LogP contribution in [0.5, 0.6) is 0 Å². The third-order valence-corrected chi connectivity index (χ3v) is 12.0. The Morgan fingerprint density at radius 3 is 1.37 bits per heavy atom. The van der Waals surface area contributed by atoms with Gasteiger partial charge in [-0.1, -0.05) is 176 Å². The number of hydrogen-bond acceptors (Lipinski definition) is 3. The third-order valence-electron chi connectivity index (χ3n) is 12.0. The van der Waals surface area contributed by atoms with Crippen molar-refractivity contribution < 1.29 is 0 Å². The van der Waals surface area contributed by atoms with Crippen LogP contribution < -0.4 is 0 Å². The van der Waals surface area contributed by atoms with E-state index in [1.165, 1.54) is 43.8 Å². The summed E-state index contributed by atoms with van der Waals surface area (Å²) in [5.41, 5.74) is 14.1. The van der Waals surface area contributed by atoms with Crippen LogP contribution in [0.4, 0.5) is 0 Å². The highest BCUT2D eigenvalue weighted by molar-refractivity contribution is 6.19. The van der Waals surface area contributed by atoms with E-state index in [0.717, 1.165) is 50.2 Å². The Bertz CT molecular complexity index is 3610. The van der Waals surface area contributed by atoms with Gasteiger partial charge in [0.15, 0.2) is 17.5 Å². The van der Waals surface area contributed by atoms with Crippen LogP contribution in [-0.4, -0.2) is 24.1 Å². The molecule has 0 saturated heterocycles. The first-order chi connectivity index (χ1) is 30.7. The topological polar surface area (TPSA) is 48.5 Å². The third kappa shape index (κ3) is 5.98. The van der Waals surface area contributed by atoms with Gasteiger partial charge in [0, 0.05) is 43.9 Å². The van der Waals surface area contributed by atoms with Crippen molar-refractivity contribution in [3.05, 3.63) is 224 Å². The van der Waals surface area contributed by atoms with E-state index in [0.29, 0.717) is 17.5 Å². The first-order valence-corrected chi connectivity index (χ1v) is 20.9. The lowest BCUT2D eigenvalue weighted by Crippen LogP contribution is -2.03. The molecule has 12 aromatic rings. The lowest BCUT2D eigenvalue weighted by atomic mass is 10.0. The largest absolute Gasteiger partial charge is 0.309 e. The summed E-state index contributed by atoms with van der Waals surface area (Å²) in [6, 6.07) is 79.3. The minimum Gasteiger partial charge on any atom is -0.309 e. The molecule has 0 saturated carbocycles. The Kier molecular flexibility index (Phi) is 8.42. The van der Waals surface area contributed by atoms with E-state index in [-0.39, 0.29) is 0 Å². The number of rotatable bonds is 7. The minimum atomic E-state index is 0.607. The van der Waals surface area contributed by atoms with Crippen LogP contribution in [0.1, 0.15) is 0 Å². The maximum atomic E-state index is 5.26. The Hall–Kier alpha value is -8.41. The first-order valence-electron chi connectivity index (χ1n) is 20.9. The van der Waals surface area contributed by atoms with Gasteiger partial charge < -0.3 is 9.13 Å². The average molecular weight is 792 g/mol. The molecular weight excluding hydrogens is 755 g/mol. The molecule has 12 rings (SSSR count). The zero-order chi connectivity index (χ0) is 41.0. The zero-order valence-electron chi connectivity index (χ0n) is 33.6. The van der Waals surface area contributed by atoms with Gasteiger partial charge in [-0.3, -0.25) is 0 Å². The van der Waals surface area contributed by atoms with Crippen molar-refractivity contribution in [3.8, 4) is 67.8 Å². The highest BCUT2D eigenvalue weighted by Gasteiger charge is 2.22. The fourth-order valence-corrected chi connectivity index (χ4v) is 9.07. The highest BCUT2D eigenvalue weighted by Crippen LogP contribution is 2.41. The van der Waals surface area contributed by atoms with Gasteiger partial charge in [0.25, 0.3) is 0 Å². The van der Waals surface area contributed by atoms with Gasteiger partial charge in [0.2, 0.25) is 0 Å². The van der Waals surface area contributed by atoms with Crippen LogP contribution in [0.25, 0.3) is 111 Å². The molecule has 9 aromatic carbocycles. The standard InChI is InChI=1S/C57H37N5/c1-4-17-38(18-5-1)40-31-33-42(34-32-40)56-58-55(41-21-8-3-9-22-41)59-57(60-56)47-27-12-15-30-52(47)62-51-29-14-11-26-46(51)49-36-48-45-25-10-13-28-50(45)61(53(48)37-54(49)62)44-24-16-23-43(35-44)39-19-6-2-7-20-39/h1-37H. The van der Waals surface area contributed by atoms with E-state index < -0.39 is 0 Å². The van der Waals surface area contributed by atoms with E-state index in [4.69, 9.17) is 15.0 Å². The lowest BCUT2D eigenvalue weighted by molar-refractivity contribution is 1.06. The maximum Gasteiger partial charge on any atom is 0.166 e. The minimum absolute atomic E-state index is 0.607. The van der Waals surface area contributed by atoms with Gasteiger partial charge in [-0.2, -0.15) is 0 Å². The Morgan fingerprint density at radius 2 is 0.710 bits per heavy atom. The predicted octanol–water partition coefficient (Wildman–Crippen LogP) is 14.4. The van der Waals surface area contributed by atoms with Crippen LogP contribution in [0, 0.1) is 0 Å². The molecule has 5 nitrogen and oxygen atoms in total. The summed E-state index contributed by atoms with van der Waals surface area (Å²) in [6.07, 6.45) is 0. The first kappa shape index (κ1) is 35.5. The molecular formula is C57H37N5. The van der Waals surface area contributed by atoms with E-state index in [1.54, 1.807) is 0 Å². The van der Waals surface area contributed by atoms with Crippen molar-refractivity contribution in [3.63, 3.8) is 0 Å². The van der Waals surface area contributed by atoms with Crippen molar-refractivity contribution in [1.82, 2.24) is 24.1 Å². The molecule has 0 N–H and O–H groups in total. The van der Waals surface area contributed by atoms with Crippen LogP contribution in [-0.2, 0) is 0 Å². The van der Waals surface area contributed by atoms with Crippen molar-refractivity contribution in [2.75, 3.05) is 0 Å². The monoisotopic (exact) mass is 791 g/mol. The van der Waals surface area contributed by atoms with Crippen LogP contribution >= 0.6 is 0 Å². The Labute approximate surface area is 358 Å².